The van der Waals surface area contributed by atoms with E-state index in [1.807, 2.05) is 0 Å². The molecule has 3 fully saturated rings. The molecule has 0 saturated carbocycles. The molecule has 0 spiro atoms. The van der Waals surface area contributed by atoms with Crippen molar-refractivity contribution in [2.24, 2.45) is 39.4 Å². The van der Waals surface area contributed by atoms with Crippen LogP contribution in [0, 0.1) is 0 Å². The number of amides is 15. The lowest BCUT2D eigenvalue weighted by atomic mass is 10.0. The number of aromatic nitrogens is 2. The summed E-state index contributed by atoms with van der Waals surface area (Å²) in [7, 11) is 3.36. The number of carbonyl (C=O) groups excluding carboxylic acids is 15. The van der Waals surface area contributed by atoms with Gasteiger partial charge in [-0.05, 0) is 76.1 Å². The van der Waals surface area contributed by atoms with Gasteiger partial charge in [-0.3, -0.25) is 76.9 Å². The molecule has 3 saturated heterocycles. The maximum atomic E-state index is 15.0. The minimum atomic E-state index is -1.89. The zero-order valence-corrected chi connectivity index (χ0v) is 58.3. The standard InChI is InChI=1S/C58H88N22O17S4/c1-28-47(87)77-39-24-99-101-26-41(78-50(90)33(70-44(84)19-60)7-4-14-66-58(63)64)55(95)79-40(54(94)74-36(17-30-20-65-27-68-30)57(97)80-15-5-8-42(80)56(96)69-28)25-100-98-23-38(46(62)86)76-53(93)37(22-81)75-51(91)34(16-29-9-11-31(82)12-10-29)72-52(92)35(18-43(61)83)73-49(89)32(6-2-3-13-59)71-45(85)21-67-48(39)88/h9-12,20,27-28,32-42,81-82H,2-8,13-19,21-26,59-60H2,1H3,(H2,61,83)(H2,62,86)(H,65,68)(H,67,88)(H,69,96)(H,70,84)(H,71,85)(H,72,92)(H,73,89)(H,74,94)(H,75,91)(H,76,93)(H,77,87)(H,78,90)(H,79,95)(H4,63,64,66)/t28-,32-,33-,34?,35-,36-,37?,38-,39-,40-,41-,42-/m0/s1. The number of fused-ring (bicyclic) bond motifs is 9. The van der Waals surface area contributed by atoms with Crippen LogP contribution in [0.15, 0.2) is 41.8 Å². The average molecular weight is 1490 g/mol. The van der Waals surface area contributed by atoms with E-state index in [0.717, 1.165) is 43.2 Å². The van der Waals surface area contributed by atoms with Gasteiger partial charge in [0.1, 0.15) is 78.3 Å². The number of hydrogen-bond acceptors (Lipinski definition) is 25. The third kappa shape index (κ3) is 27.7. The SMILES string of the molecule is C[C@@H]1NC(=O)[C@@H]2CCCN2C(=O)[C@H](Cc2cnc[nH]2)NC(=O)[C@@H]2CSSC[C@@H](C(N)=O)NC(=O)C(CO)NC(=O)C(Cc3ccc(O)cc3)NC(=O)[C@H](CC(N)=O)NC(=O)[C@H](CCCCN)NC(=O)CNC(=O)[C@H](CSSC[C@H](NC(=O)[C@H](CCCN=C(N)N)NC(=O)CN)C(=O)N2)NC1=O. The molecule has 43 heteroatoms. The number of rotatable bonds is 20. The second-order valence-corrected chi connectivity index (χ2v) is 28.5. The third-order valence-corrected chi connectivity index (χ3v) is 20.4. The van der Waals surface area contributed by atoms with Crippen LogP contribution in [0.2, 0.25) is 0 Å². The van der Waals surface area contributed by atoms with E-state index in [4.69, 9.17) is 34.4 Å². The monoisotopic (exact) mass is 1490 g/mol. The number of aliphatic imine (C=N–C) groups is 1. The van der Waals surface area contributed by atoms with Crippen LogP contribution in [0.1, 0.15) is 69.5 Å². The molecule has 2 aromatic rings. The molecule has 39 nitrogen and oxygen atoms in total. The molecule has 556 valence electrons. The first-order valence-corrected chi connectivity index (χ1v) is 36.9. The highest BCUT2D eigenvalue weighted by Crippen LogP contribution is 2.27. The first-order valence-electron chi connectivity index (χ1n) is 31.9. The van der Waals surface area contributed by atoms with Gasteiger partial charge in [-0.2, -0.15) is 0 Å². The van der Waals surface area contributed by atoms with E-state index in [0.29, 0.717) is 17.7 Å². The van der Waals surface area contributed by atoms with Gasteiger partial charge in [0.25, 0.3) is 0 Å². The zero-order valence-electron chi connectivity index (χ0n) is 55.0. The van der Waals surface area contributed by atoms with Crippen molar-refractivity contribution < 1.29 is 82.1 Å². The van der Waals surface area contributed by atoms with E-state index < -0.39 is 211 Å². The number of phenolic OH excluding ortho intramolecular Hbond substituents is 1. The van der Waals surface area contributed by atoms with E-state index in [1.54, 1.807) is 0 Å². The van der Waals surface area contributed by atoms with E-state index in [2.05, 4.69) is 78.8 Å². The largest absolute Gasteiger partial charge is 0.508 e. The molecule has 4 heterocycles. The van der Waals surface area contributed by atoms with Gasteiger partial charge in [0.2, 0.25) is 88.6 Å². The van der Waals surface area contributed by atoms with Gasteiger partial charge in [-0.1, -0.05) is 55.3 Å². The molecular weight excluding hydrogens is 1410 g/mol. The van der Waals surface area contributed by atoms with Gasteiger partial charge in [0.05, 0.1) is 32.4 Å². The molecule has 101 heavy (non-hydrogen) atoms. The first kappa shape index (κ1) is 82.5. The molecule has 12 atom stereocenters. The number of hydrogen-bond donors (Lipinski definition) is 21. The van der Waals surface area contributed by atoms with E-state index >= 15 is 0 Å². The number of carbonyl (C=O) groups is 15. The Hall–Kier alpha value is -9.17. The molecule has 1 aromatic carbocycles. The predicted octanol–water partition coefficient (Wildman–Crippen LogP) is -9.36. The van der Waals surface area contributed by atoms with Gasteiger partial charge in [0.15, 0.2) is 5.96 Å². The maximum Gasteiger partial charge on any atom is 0.246 e. The number of aromatic amines is 1. The lowest BCUT2D eigenvalue weighted by Crippen LogP contribution is -2.61. The van der Waals surface area contributed by atoms with Crippen molar-refractivity contribution in [2.45, 2.75) is 144 Å². The topological polar surface area (TPSA) is 641 Å². The minimum absolute atomic E-state index is 0.00309. The van der Waals surface area contributed by atoms with E-state index in [1.165, 1.54) is 48.6 Å². The molecule has 5 rings (SSSR count). The number of phenols is 1. The maximum absolute atomic E-state index is 15.0. The van der Waals surface area contributed by atoms with Gasteiger partial charge in [0, 0.05) is 60.8 Å². The molecule has 15 amide bonds. The van der Waals surface area contributed by atoms with Crippen LogP contribution < -0.4 is 98.2 Å². The van der Waals surface area contributed by atoms with Crippen molar-refractivity contribution in [3.8, 4) is 5.75 Å². The summed E-state index contributed by atoms with van der Waals surface area (Å²) in [5.41, 5.74) is 34.3. The number of nitrogens with two attached hydrogens (primary N) is 6. The van der Waals surface area contributed by atoms with Crippen LogP contribution in [-0.2, 0) is 84.8 Å². The smallest absolute Gasteiger partial charge is 0.246 e. The summed E-state index contributed by atoms with van der Waals surface area (Å²) < 4.78 is 0. The Morgan fingerprint density at radius 2 is 1.30 bits per heavy atom. The number of aliphatic hydroxyl groups excluding tert-OH is 1. The second-order valence-electron chi connectivity index (χ2n) is 23.3. The van der Waals surface area contributed by atoms with Gasteiger partial charge >= 0.3 is 0 Å². The van der Waals surface area contributed by atoms with Crippen LogP contribution in [0.4, 0.5) is 0 Å². The lowest BCUT2D eigenvalue weighted by molar-refractivity contribution is -0.142. The van der Waals surface area contributed by atoms with Crippen molar-refractivity contribution in [3.05, 3.63) is 48.0 Å². The van der Waals surface area contributed by atoms with Crippen LogP contribution in [0.25, 0.3) is 0 Å². The summed E-state index contributed by atoms with van der Waals surface area (Å²) in [6, 6.07) is -13.8. The zero-order chi connectivity index (χ0) is 74.3. The number of H-pyrrole nitrogens is 1. The second kappa shape index (κ2) is 42.2. The number of aromatic hydroxyl groups is 1. The highest BCUT2D eigenvalue weighted by Gasteiger charge is 2.41. The van der Waals surface area contributed by atoms with Crippen molar-refractivity contribution in [1.29, 1.82) is 0 Å². The summed E-state index contributed by atoms with van der Waals surface area (Å²) in [5.74, 6) is -17.3. The molecule has 3 aliphatic rings. The Labute approximate surface area is 594 Å². The third-order valence-electron chi connectivity index (χ3n) is 15.5. The Morgan fingerprint density at radius 3 is 1.94 bits per heavy atom. The minimum Gasteiger partial charge on any atom is -0.508 e. The number of nitrogens with one attached hydrogen (secondary N) is 13. The number of aliphatic hydroxyl groups is 1. The van der Waals surface area contributed by atoms with E-state index in [9.17, 15) is 82.1 Å². The fourth-order valence-corrected chi connectivity index (χ4v) is 14.8. The van der Waals surface area contributed by atoms with Crippen LogP contribution in [0.3, 0.4) is 0 Å². The Morgan fingerprint density at radius 1 is 0.673 bits per heavy atom. The van der Waals surface area contributed by atoms with Gasteiger partial charge < -0.3 is 118 Å². The number of nitrogens with zero attached hydrogens (tertiary/aromatic N) is 3. The normalized spacial score (nSPS) is 25.2. The molecule has 2 bridgehead atoms. The quantitative estimate of drug-likeness (QED) is 0.0253. The summed E-state index contributed by atoms with van der Waals surface area (Å²) >= 11 is 0. The molecular formula is C58H88N22O17S4. The first-order chi connectivity index (χ1) is 48.1. The summed E-state index contributed by atoms with van der Waals surface area (Å²) in [4.78, 5) is 223. The van der Waals surface area contributed by atoms with Crippen molar-refractivity contribution in [3.63, 3.8) is 0 Å². The molecule has 0 radical (unpaired) electrons. The fraction of sp³-hybridized carbons (Fsp3) is 0.569. The van der Waals surface area contributed by atoms with Crippen molar-refractivity contribution in [2.75, 3.05) is 62.3 Å². The van der Waals surface area contributed by atoms with Crippen molar-refractivity contribution >= 4 is 138 Å². The molecule has 1 aromatic heterocycles. The number of primary amides is 2. The number of imidazole rings is 1. The Kier molecular flexibility index (Phi) is 34.4. The Bertz CT molecular complexity index is 3280. The predicted molar refractivity (Wildman–Crippen MR) is 371 cm³/mol. The molecule has 3 aliphatic heterocycles. The number of guanidine groups is 1. The van der Waals surface area contributed by atoms with Gasteiger partial charge in [-0.25, -0.2) is 4.98 Å². The summed E-state index contributed by atoms with van der Waals surface area (Å²) in [5, 5.41) is 50.4. The molecule has 0 aliphatic carbocycles. The lowest BCUT2D eigenvalue weighted by Gasteiger charge is -2.31. The summed E-state index contributed by atoms with van der Waals surface area (Å²) in [6.07, 6.45) is 1.86. The van der Waals surface area contributed by atoms with Crippen LogP contribution in [0.5, 0.6) is 5.75 Å². The van der Waals surface area contributed by atoms with Gasteiger partial charge in [-0.15, -0.1) is 0 Å². The highest BCUT2D eigenvalue weighted by molar-refractivity contribution is 8.77. The van der Waals surface area contributed by atoms with E-state index in [-0.39, 0.29) is 82.0 Å². The average Bonchev–Trinajstić information content (AvgIpc) is 1.74. The Balaban J connectivity index is 1.65. The number of unbranched alkanes of at least 4 members (excludes halogenated alkanes) is 1. The molecule has 2 unspecified atom stereocenters. The summed E-state index contributed by atoms with van der Waals surface area (Å²) in [6.45, 7) is -1.15. The number of benzene rings is 1. The van der Waals surface area contributed by atoms with Crippen LogP contribution >= 0.6 is 43.2 Å². The van der Waals surface area contributed by atoms with Crippen LogP contribution in [-0.4, -0.2) is 254 Å². The fourth-order valence-electron chi connectivity index (χ4n) is 10.1. The highest BCUT2D eigenvalue weighted by atomic mass is 33.1. The van der Waals surface area contributed by atoms with Crippen molar-refractivity contribution in [1.82, 2.24) is 78.7 Å². The molecule has 27 N–H and O–H groups in total.